The average Bonchev–Trinajstić information content (AvgIpc) is 3.68. The van der Waals surface area contributed by atoms with Crippen LogP contribution < -0.4 is 14.5 Å². The van der Waals surface area contributed by atoms with Gasteiger partial charge in [-0.15, -0.1) is 0 Å². The maximum Gasteiger partial charge on any atom is 0.339 e. The Bertz CT molecular complexity index is 1820. The molecule has 2 aliphatic heterocycles. The number of hydrogen-bond acceptors (Lipinski definition) is 8. The molecule has 2 amide bonds. The number of carbonyl (C=O) groups is 4. The van der Waals surface area contributed by atoms with E-state index in [1.54, 1.807) is 26.1 Å². The minimum Gasteiger partial charge on any atom is -0.457 e. The van der Waals surface area contributed by atoms with Crippen LogP contribution >= 0.6 is 0 Å². The third-order valence-electron chi connectivity index (χ3n) is 11.4. The first-order valence-corrected chi connectivity index (χ1v) is 20.6. The van der Waals surface area contributed by atoms with Crippen molar-refractivity contribution in [1.82, 2.24) is 9.80 Å². The Kier molecular flexibility index (Phi) is 13.9. The van der Waals surface area contributed by atoms with Crippen molar-refractivity contribution in [3.05, 3.63) is 82.9 Å². The monoisotopic (exact) mass is 766 g/mol. The highest BCUT2D eigenvalue weighted by Crippen LogP contribution is 2.50. The second-order valence-corrected chi connectivity index (χ2v) is 15.8. The molecule has 3 aromatic rings. The van der Waals surface area contributed by atoms with Crippen LogP contribution in [0.2, 0.25) is 0 Å². The molecule has 1 saturated heterocycles. The summed E-state index contributed by atoms with van der Waals surface area (Å²) in [6.07, 6.45) is 0.530. The molecule has 0 unspecified atom stereocenters. The number of rotatable bonds is 16. The Morgan fingerprint density at radius 3 is 1.86 bits per heavy atom. The molecular formula is C46H62N4O6. The lowest BCUT2D eigenvalue weighted by Gasteiger charge is -2.34. The van der Waals surface area contributed by atoms with Gasteiger partial charge in [0.25, 0.3) is 5.91 Å². The molecule has 56 heavy (non-hydrogen) atoms. The zero-order chi connectivity index (χ0) is 40.8. The fourth-order valence-corrected chi connectivity index (χ4v) is 8.31. The SMILES string of the molecule is CCN(CC)c1ccc2c(c1)Oc1cc(N(CC)CC)ccc1C2c1ccccc1C(=O)O[C@@H](C)C(=O)N1CCC[C@H]1C(=O)N(C)[C@@H](CC(C)C)C(=O)C(C)C. The van der Waals surface area contributed by atoms with Crippen LogP contribution in [0.3, 0.4) is 0 Å². The number of likely N-dealkylation sites (N-methyl/N-ethyl adjacent to an activating group) is 1. The number of likely N-dealkylation sites (tertiary alicyclic amines) is 1. The number of fused-ring (bicyclic) bond motifs is 2. The normalized spacial score (nSPS) is 16.1. The van der Waals surface area contributed by atoms with Gasteiger partial charge >= 0.3 is 5.97 Å². The van der Waals surface area contributed by atoms with Crippen molar-refractivity contribution in [2.24, 2.45) is 11.8 Å². The number of esters is 1. The van der Waals surface area contributed by atoms with Crippen molar-refractivity contribution in [2.75, 3.05) is 49.6 Å². The highest BCUT2D eigenvalue weighted by atomic mass is 16.5. The number of amides is 2. The van der Waals surface area contributed by atoms with E-state index in [1.807, 2.05) is 39.8 Å². The number of ketones is 1. The maximum absolute atomic E-state index is 14.2. The Morgan fingerprint density at radius 2 is 1.34 bits per heavy atom. The van der Waals surface area contributed by atoms with Gasteiger partial charge in [0.05, 0.1) is 11.6 Å². The van der Waals surface area contributed by atoms with Crippen LogP contribution in [0.5, 0.6) is 11.5 Å². The summed E-state index contributed by atoms with van der Waals surface area (Å²) in [5.74, 6) is -0.191. The van der Waals surface area contributed by atoms with Crippen molar-refractivity contribution >= 4 is 34.9 Å². The van der Waals surface area contributed by atoms with Gasteiger partial charge in [-0.05, 0) is 83.6 Å². The zero-order valence-corrected chi connectivity index (χ0v) is 35.1. The maximum atomic E-state index is 14.2. The Morgan fingerprint density at radius 1 is 0.786 bits per heavy atom. The van der Waals surface area contributed by atoms with Crippen molar-refractivity contribution in [3.8, 4) is 11.5 Å². The van der Waals surface area contributed by atoms with Crippen LogP contribution in [-0.4, -0.2) is 91.3 Å². The molecule has 0 N–H and O–H groups in total. The fourth-order valence-electron chi connectivity index (χ4n) is 8.31. The van der Waals surface area contributed by atoms with Gasteiger partial charge in [0.1, 0.15) is 17.5 Å². The van der Waals surface area contributed by atoms with Crippen LogP contribution in [0.15, 0.2) is 60.7 Å². The Hall–Kier alpha value is -4.86. The number of carbonyl (C=O) groups excluding carboxylic acids is 4. The van der Waals surface area contributed by atoms with E-state index in [4.69, 9.17) is 9.47 Å². The van der Waals surface area contributed by atoms with Gasteiger partial charge in [0.15, 0.2) is 11.9 Å². The topological polar surface area (TPSA) is 99.7 Å². The highest BCUT2D eigenvalue weighted by Gasteiger charge is 2.41. The first-order chi connectivity index (χ1) is 26.8. The summed E-state index contributed by atoms with van der Waals surface area (Å²) in [5, 5.41) is 0. The van der Waals surface area contributed by atoms with E-state index in [0.717, 1.165) is 65.7 Å². The van der Waals surface area contributed by atoms with Crippen LogP contribution in [0, 0.1) is 11.8 Å². The molecule has 2 heterocycles. The first-order valence-electron chi connectivity index (χ1n) is 20.6. The van der Waals surface area contributed by atoms with E-state index in [-0.39, 0.29) is 29.4 Å². The summed E-state index contributed by atoms with van der Waals surface area (Å²) in [5.41, 5.74) is 5.08. The molecule has 10 heteroatoms. The van der Waals surface area contributed by atoms with Gasteiger partial charge in [-0.25, -0.2) is 4.79 Å². The van der Waals surface area contributed by atoms with Gasteiger partial charge < -0.3 is 29.1 Å². The third kappa shape index (κ3) is 8.74. The van der Waals surface area contributed by atoms with E-state index in [0.29, 0.717) is 31.4 Å². The summed E-state index contributed by atoms with van der Waals surface area (Å²) in [6.45, 7) is 21.6. The molecule has 3 aromatic carbocycles. The zero-order valence-electron chi connectivity index (χ0n) is 35.1. The molecule has 0 radical (unpaired) electrons. The molecule has 10 nitrogen and oxygen atoms in total. The summed E-state index contributed by atoms with van der Waals surface area (Å²) in [7, 11) is 1.67. The van der Waals surface area contributed by atoms with Crippen molar-refractivity contribution in [3.63, 3.8) is 0 Å². The van der Waals surface area contributed by atoms with Crippen molar-refractivity contribution in [2.45, 2.75) is 106 Å². The number of anilines is 2. The molecule has 302 valence electrons. The van der Waals surface area contributed by atoms with Gasteiger partial charge in [-0.2, -0.15) is 0 Å². The van der Waals surface area contributed by atoms with E-state index in [1.165, 1.54) is 9.80 Å². The lowest BCUT2D eigenvalue weighted by molar-refractivity contribution is -0.150. The molecule has 1 fully saturated rings. The van der Waals surface area contributed by atoms with Crippen LogP contribution in [0.4, 0.5) is 11.4 Å². The molecule has 0 saturated carbocycles. The lowest BCUT2D eigenvalue weighted by Crippen LogP contribution is -2.54. The van der Waals surface area contributed by atoms with Crippen LogP contribution in [-0.2, 0) is 19.1 Å². The second kappa shape index (κ2) is 18.4. The molecule has 2 aliphatic rings. The minimum absolute atomic E-state index is 0.00910. The van der Waals surface area contributed by atoms with E-state index in [2.05, 4.69) is 73.9 Å². The van der Waals surface area contributed by atoms with Gasteiger partial charge in [0.2, 0.25) is 5.91 Å². The standard InChI is InChI=1S/C46H62N4O6/c1-11-48(12-2)32-21-23-36-40(27-32)56-41-28-33(49(13-3)14-4)22-24-37(41)42(36)34-18-15-16-19-35(34)46(54)55-31(9)44(52)50-25-17-20-38(50)45(53)47(10)39(26-29(5)6)43(51)30(7)8/h15-16,18-19,21-24,27-31,38-39,42H,11-14,17,20,25-26H2,1-10H3/t31-,38-,39-/m0/s1. The van der Waals surface area contributed by atoms with Crippen LogP contribution in [0.1, 0.15) is 115 Å². The third-order valence-corrected chi connectivity index (χ3v) is 11.4. The van der Waals surface area contributed by atoms with Crippen molar-refractivity contribution < 1.29 is 28.7 Å². The predicted octanol–water partition coefficient (Wildman–Crippen LogP) is 8.30. The predicted molar refractivity (Wildman–Crippen MR) is 223 cm³/mol. The quantitative estimate of drug-likeness (QED) is 0.105. The number of hydrogen-bond donors (Lipinski definition) is 0. The molecule has 5 rings (SSSR count). The van der Waals surface area contributed by atoms with Crippen LogP contribution in [0.25, 0.3) is 0 Å². The fraction of sp³-hybridized carbons (Fsp3) is 0.522. The Labute approximate surface area is 334 Å². The molecule has 0 bridgehead atoms. The molecule has 0 aliphatic carbocycles. The minimum atomic E-state index is -1.14. The first kappa shape index (κ1) is 42.3. The van der Waals surface area contributed by atoms with Gasteiger partial charge in [-0.3, -0.25) is 14.4 Å². The second-order valence-electron chi connectivity index (χ2n) is 15.8. The number of Topliss-reactive ketones (excluding diaryl/α,β-unsaturated/α-hetero) is 1. The lowest BCUT2D eigenvalue weighted by atomic mass is 9.80. The molecular weight excluding hydrogens is 705 g/mol. The summed E-state index contributed by atoms with van der Waals surface area (Å²) >= 11 is 0. The van der Waals surface area contributed by atoms with Gasteiger partial charge in [-0.1, -0.05) is 58.0 Å². The smallest absolute Gasteiger partial charge is 0.339 e. The highest BCUT2D eigenvalue weighted by molar-refractivity contribution is 5.96. The summed E-state index contributed by atoms with van der Waals surface area (Å²) in [4.78, 5) is 63.0. The van der Waals surface area contributed by atoms with Crippen molar-refractivity contribution in [1.29, 1.82) is 0 Å². The molecule has 0 spiro atoms. The number of nitrogens with zero attached hydrogens (tertiary/aromatic N) is 4. The Balaban J connectivity index is 1.44. The summed E-state index contributed by atoms with van der Waals surface area (Å²) < 4.78 is 12.7. The molecule has 0 aromatic heterocycles. The van der Waals surface area contributed by atoms with E-state index in [9.17, 15) is 19.2 Å². The van der Waals surface area contributed by atoms with E-state index < -0.39 is 30.1 Å². The van der Waals surface area contributed by atoms with Gasteiger partial charge in [0, 0.05) is 86.2 Å². The largest absolute Gasteiger partial charge is 0.457 e. The molecule has 3 atom stereocenters. The summed E-state index contributed by atoms with van der Waals surface area (Å²) in [6, 6.07) is 18.7. The number of benzene rings is 3. The number of ether oxygens (including phenoxy) is 2. The average molecular weight is 767 g/mol. The van der Waals surface area contributed by atoms with E-state index >= 15 is 0 Å².